The van der Waals surface area contributed by atoms with Gasteiger partial charge in [0.05, 0.1) is 25.4 Å². The van der Waals surface area contributed by atoms with E-state index >= 15 is 0 Å². The zero-order chi connectivity index (χ0) is 29.8. The Morgan fingerprint density at radius 2 is 0.975 bits per heavy atom. The molecule has 0 bridgehead atoms. The minimum absolute atomic E-state index is 0.00159. The molecule has 6 heteroatoms. The maximum absolute atomic E-state index is 12.4. The van der Waals surface area contributed by atoms with Crippen molar-refractivity contribution < 1.29 is 28.5 Å². The zero-order valence-corrected chi connectivity index (χ0v) is 25.1. The largest absolute Gasteiger partial charge is 0.490 e. The molecule has 40 heavy (non-hydrogen) atoms. The summed E-state index contributed by atoms with van der Waals surface area (Å²) in [6.45, 7) is 14.8. The van der Waals surface area contributed by atoms with Crippen molar-refractivity contribution in [2.24, 2.45) is 0 Å². The van der Waals surface area contributed by atoms with Gasteiger partial charge in [0, 0.05) is 11.1 Å². The molecule has 0 saturated carbocycles. The Bertz CT molecular complexity index is 1050. The van der Waals surface area contributed by atoms with Crippen LogP contribution in [0.1, 0.15) is 82.0 Å². The van der Waals surface area contributed by atoms with Crippen molar-refractivity contribution in [3.05, 3.63) is 96.1 Å². The lowest BCUT2D eigenvalue weighted by atomic mass is 10.1. The predicted octanol–water partition coefficient (Wildman–Crippen LogP) is 8.20. The minimum Gasteiger partial charge on any atom is -0.490 e. The second-order valence-corrected chi connectivity index (χ2v) is 9.01. The van der Waals surface area contributed by atoms with E-state index in [1.54, 1.807) is 19.1 Å². The molecule has 0 radical (unpaired) electrons. The van der Waals surface area contributed by atoms with Gasteiger partial charge in [-0.15, -0.1) is 0 Å². The van der Waals surface area contributed by atoms with Gasteiger partial charge in [0.2, 0.25) is 12.1 Å². The highest BCUT2D eigenvalue weighted by atomic mass is 16.7. The molecular weight excluding hydrogens is 504 g/mol. The van der Waals surface area contributed by atoms with E-state index in [4.69, 9.17) is 18.9 Å². The first-order valence-electron chi connectivity index (χ1n) is 14.1. The molecule has 0 aliphatic heterocycles. The van der Waals surface area contributed by atoms with Gasteiger partial charge in [-0.3, -0.25) is 9.59 Å². The Hall–Kier alpha value is -3.48. The number of benzene rings is 3. The molecule has 3 aromatic carbocycles. The van der Waals surface area contributed by atoms with Gasteiger partial charge in [-0.25, -0.2) is 0 Å². The Morgan fingerprint density at radius 3 is 1.30 bits per heavy atom. The predicted molar refractivity (Wildman–Crippen MR) is 161 cm³/mol. The van der Waals surface area contributed by atoms with Gasteiger partial charge in [0.25, 0.3) is 0 Å². The van der Waals surface area contributed by atoms with Crippen LogP contribution < -0.4 is 9.47 Å². The van der Waals surface area contributed by atoms with E-state index < -0.39 is 6.29 Å². The Kier molecular flexibility index (Phi) is 17.6. The van der Waals surface area contributed by atoms with Crippen molar-refractivity contribution >= 4 is 11.6 Å². The molecule has 2 atom stereocenters. The smallest absolute Gasteiger partial charge is 0.223 e. The van der Waals surface area contributed by atoms with Gasteiger partial charge in [-0.2, -0.15) is 0 Å². The lowest BCUT2D eigenvalue weighted by molar-refractivity contribution is -0.161. The molecule has 6 nitrogen and oxygen atoms in total. The number of rotatable bonds is 13. The molecule has 0 aromatic heterocycles. The molecule has 0 aliphatic rings. The van der Waals surface area contributed by atoms with Gasteiger partial charge in [-0.1, -0.05) is 86.6 Å². The van der Waals surface area contributed by atoms with Crippen molar-refractivity contribution in [3.8, 4) is 11.5 Å². The summed E-state index contributed by atoms with van der Waals surface area (Å²) in [5, 5.41) is 0. The highest BCUT2D eigenvalue weighted by molar-refractivity contribution is 5.98. The van der Waals surface area contributed by atoms with Crippen molar-refractivity contribution in [2.45, 2.75) is 79.8 Å². The quantitative estimate of drug-likeness (QED) is 0.158. The molecule has 0 saturated heterocycles. The van der Waals surface area contributed by atoms with Crippen LogP contribution in [0, 0.1) is 0 Å². The van der Waals surface area contributed by atoms with Gasteiger partial charge in [-0.05, 0) is 59.6 Å². The standard InChI is InChI=1S/C16H24O3.C10H14O2.C8H8O/c1-5-12(3)18-16(19-13(4)6-2)15(17)14-10-8-7-9-11-14;1-3-11-9-7-5-6-8-10(9)12-4-2;1-7(9)8-5-3-2-4-6-8/h7-13,16H,5-6H2,1-4H3;5-8H,3-4H2,1-2H3;2-6H,1H3. The molecule has 0 amide bonds. The normalized spacial score (nSPS) is 12.4. The van der Waals surface area contributed by atoms with E-state index in [9.17, 15) is 9.59 Å². The van der Waals surface area contributed by atoms with Crippen LogP contribution in [-0.4, -0.2) is 43.3 Å². The molecule has 3 rings (SSSR count). The number of carbonyl (C=O) groups is 2. The fraction of sp³-hybridized carbons (Fsp3) is 0.412. The van der Waals surface area contributed by atoms with E-state index in [0.29, 0.717) is 18.8 Å². The second-order valence-electron chi connectivity index (χ2n) is 9.01. The van der Waals surface area contributed by atoms with Crippen LogP contribution in [0.4, 0.5) is 0 Å². The number of Topliss-reactive ketones (excluding diaryl/α,β-unsaturated/α-hetero) is 2. The monoisotopic (exact) mass is 550 g/mol. The average molecular weight is 551 g/mol. The summed E-state index contributed by atoms with van der Waals surface area (Å²) in [6.07, 6.45) is 0.890. The second kappa shape index (κ2) is 20.4. The van der Waals surface area contributed by atoms with E-state index in [-0.39, 0.29) is 23.8 Å². The van der Waals surface area contributed by atoms with Crippen LogP contribution in [-0.2, 0) is 9.47 Å². The molecule has 0 aliphatic carbocycles. The zero-order valence-electron chi connectivity index (χ0n) is 25.1. The molecule has 0 spiro atoms. The SMILES string of the molecule is CC(=O)c1ccccc1.CCC(C)OC(OC(C)CC)C(=O)c1ccccc1.CCOc1ccccc1OCC. The van der Waals surface area contributed by atoms with Crippen molar-refractivity contribution in [1.29, 1.82) is 0 Å². The van der Waals surface area contributed by atoms with Crippen molar-refractivity contribution in [2.75, 3.05) is 13.2 Å². The third-order valence-corrected chi connectivity index (χ3v) is 5.76. The number of para-hydroxylation sites is 2. The molecule has 0 heterocycles. The van der Waals surface area contributed by atoms with Gasteiger partial charge < -0.3 is 18.9 Å². The van der Waals surface area contributed by atoms with Gasteiger partial charge in [0.1, 0.15) is 0 Å². The topological polar surface area (TPSA) is 71.1 Å². The van der Waals surface area contributed by atoms with Crippen LogP contribution in [0.3, 0.4) is 0 Å². The van der Waals surface area contributed by atoms with E-state index in [0.717, 1.165) is 29.9 Å². The van der Waals surface area contributed by atoms with Crippen LogP contribution >= 0.6 is 0 Å². The Labute approximate surface area is 240 Å². The molecule has 0 N–H and O–H groups in total. The van der Waals surface area contributed by atoms with E-state index in [1.807, 2.05) is 114 Å². The lowest BCUT2D eigenvalue weighted by Gasteiger charge is -2.24. The minimum atomic E-state index is -0.813. The first kappa shape index (κ1) is 34.5. The first-order chi connectivity index (χ1) is 19.3. The summed E-state index contributed by atoms with van der Waals surface area (Å²) in [7, 11) is 0. The van der Waals surface area contributed by atoms with Crippen molar-refractivity contribution in [3.63, 3.8) is 0 Å². The summed E-state index contributed by atoms with van der Waals surface area (Å²) < 4.78 is 22.2. The van der Waals surface area contributed by atoms with Crippen LogP contribution in [0.5, 0.6) is 11.5 Å². The highest BCUT2D eigenvalue weighted by Crippen LogP contribution is 2.26. The number of ketones is 2. The third-order valence-electron chi connectivity index (χ3n) is 5.76. The summed E-state index contributed by atoms with van der Waals surface area (Å²) in [4.78, 5) is 23.0. The summed E-state index contributed by atoms with van der Waals surface area (Å²) in [5.41, 5.74) is 1.40. The van der Waals surface area contributed by atoms with Crippen LogP contribution in [0.15, 0.2) is 84.9 Å². The molecule has 0 fully saturated rings. The van der Waals surface area contributed by atoms with E-state index in [1.165, 1.54) is 0 Å². The lowest BCUT2D eigenvalue weighted by Crippen LogP contribution is -2.33. The maximum Gasteiger partial charge on any atom is 0.223 e. The molecular formula is C34H46O6. The number of hydrogen-bond donors (Lipinski definition) is 0. The fourth-order valence-corrected chi connectivity index (χ4v) is 3.18. The van der Waals surface area contributed by atoms with E-state index in [2.05, 4.69) is 0 Å². The summed E-state index contributed by atoms with van der Waals surface area (Å²) >= 11 is 0. The van der Waals surface area contributed by atoms with Crippen LogP contribution in [0.25, 0.3) is 0 Å². The maximum atomic E-state index is 12.4. The molecule has 2 unspecified atom stereocenters. The third kappa shape index (κ3) is 13.5. The van der Waals surface area contributed by atoms with Crippen molar-refractivity contribution in [1.82, 2.24) is 0 Å². The Morgan fingerprint density at radius 1 is 0.600 bits per heavy atom. The number of hydrogen-bond acceptors (Lipinski definition) is 6. The molecule has 3 aromatic rings. The van der Waals surface area contributed by atoms with Gasteiger partial charge >= 0.3 is 0 Å². The molecule has 218 valence electrons. The number of carbonyl (C=O) groups excluding carboxylic acids is 2. The number of ether oxygens (including phenoxy) is 4. The first-order valence-corrected chi connectivity index (χ1v) is 14.1. The van der Waals surface area contributed by atoms with Crippen LogP contribution in [0.2, 0.25) is 0 Å². The van der Waals surface area contributed by atoms with Gasteiger partial charge in [0.15, 0.2) is 17.3 Å². The average Bonchev–Trinajstić information content (AvgIpc) is 2.99. The fourth-order valence-electron chi connectivity index (χ4n) is 3.18. The highest BCUT2D eigenvalue weighted by Gasteiger charge is 2.25. The summed E-state index contributed by atoms with van der Waals surface area (Å²) in [5.74, 6) is 1.65. The summed E-state index contributed by atoms with van der Waals surface area (Å²) in [6, 6.07) is 26.1. The Balaban J connectivity index is 0.000000325.